The topological polar surface area (TPSA) is 97.9 Å². The highest BCUT2D eigenvalue weighted by Crippen LogP contribution is 2.28. The summed E-state index contributed by atoms with van der Waals surface area (Å²) in [5, 5.41) is 0. The Morgan fingerprint density at radius 1 is 0.914 bits per heavy atom. The average molecular weight is 477 g/mol. The molecule has 0 radical (unpaired) electrons. The van der Waals surface area contributed by atoms with Gasteiger partial charge in [0, 0.05) is 63.3 Å². The summed E-state index contributed by atoms with van der Waals surface area (Å²) >= 11 is 0. The molecule has 3 atom stereocenters. The summed E-state index contributed by atoms with van der Waals surface area (Å²) in [5.41, 5.74) is 10.6. The van der Waals surface area contributed by atoms with Gasteiger partial charge in [0.2, 0.25) is 17.7 Å². The number of carbonyl (C=O) groups excluding carboxylic acids is 3. The molecule has 4 heterocycles. The molecule has 35 heavy (non-hydrogen) atoms. The van der Waals surface area contributed by atoms with E-state index in [0.29, 0.717) is 39.1 Å². The average Bonchev–Trinajstić information content (AvgIpc) is 3.53. The Morgan fingerprint density at radius 2 is 1.60 bits per heavy atom. The van der Waals surface area contributed by atoms with Crippen molar-refractivity contribution < 1.29 is 14.4 Å². The van der Waals surface area contributed by atoms with E-state index in [1.54, 1.807) is 17.3 Å². The third-order valence-electron chi connectivity index (χ3n) is 7.49. The molecule has 0 spiro atoms. The van der Waals surface area contributed by atoms with E-state index in [-0.39, 0.29) is 42.1 Å². The van der Waals surface area contributed by atoms with E-state index in [9.17, 15) is 14.4 Å². The van der Waals surface area contributed by atoms with E-state index in [0.717, 1.165) is 16.8 Å². The number of amides is 3. The smallest absolute Gasteiger partial charge is 0.241 e. The molecule has 3 aliphatic rings. The fourth-order valence-corrected chi connectivity index (χ4v) is 5.17. The second-order valence-corrected chi connectivity index (χ2v) is 9.73. The van der Waals surface area contributed by atoms with Gasteiger partial charge in [0.15, 0.2) is 0 Å². The van der Waals surface area contributed by atoms with Crippen LogP contribution in [-0.2, 0) is 14.4 Å². The molecule has 3 saturated heterocycles. The number of pyridine rings is 1. The van der Waals surface area contributed by atoms with Crippen molar-refractivity contribution in [1.29, 1.82) is 0 Å². The Bertz CT molecular complexity index is 1120. The molecule has 5 rings (SSSR count). The maximum atomic E-state index is 13.2. The van der Waals surface area contributed by atoms with Crippen LogP contribution in [0.2, 0.25) is 0 Å². The van der Waals surface area contributed by atoms with Crippen molar-refractivity contribution in [1.82, 2.24) is 25.6 Å². The van der Waals surface area contributed by atoms with Gasteiger partial charge in [-0.05, 0) is 61.2 Å². The van der Waals surface area contributed by atoms with Crippen LogP contribution in [0.15, 0.2) is 42.7 Å². The van der Waals surface area contributed by atoms with Crippen molar-refractivity contribution in [2.24, 2.45) is 5.92 Å². The van der Waals surface area contributed by atoms with Crippen LogP contribution in [0.25, 0.3) is 0 Å². The van der Waals surface area contributed by atoms with Crippen LogP contribution >= 0.6 is 0 Å². The lowest BCUT2D eigenvalue weighted by atomic mass is 10.0. The van der Waals surface area contributed by atoms with Crippen molar-refractivity contribution in [2.75, 3.05) is 37.6 Å². The Labute approximate surface area is 205 Å². The zero-order chi connectivity index (χ0) is 24.5. The van der Waals surface area contributed by atoms with E-state index in [2.05, 4.69) is 15.8 Å². The van der Waals surface area contributed by atoms with Gasteiger partial charge >= 0.3 is 0 Å². The number of aromatic nitrogens is 1. The lowest BCUT2D eigenvalue weighted by Crippen LogP contribution is -2.55. The van der Waals surface area contributed by atoms with Gasteiger partial charge in [0.1, 0.15) is 6.04 Å². The van der Waals surface area contributed by atoms with E-state index in [1.807, 2.05) is 54.0 Å². The van der Waals surface area contributed by atoms with Gasteiger partial charge in [-0.3, -0.25) is 19.4 Å². The number of rotatable bonds is 4. The molecule has 9 nitrogen and oxygen atoms in total. The van der Waals surface area contributed by atoms with Crippen molar-refractivity contribution in [3.8, 4) is 0 Å². The number of hydrazine groups is 1. The first-order valence-corrected chi connectivity index (χ1v) is 12.3. The largest absolute Gasteiger partial charge is 0.339 e. The molecule has 3 amide bonds. The van der Waals surface area contributed by atoms with Crippen LogP contribution in [0.5, 0.6) is 0 Å². The van der Waals surface area contributed by atoms with E-state index in [4.69, 9.17) is 0 Å². The fourth-order valence-electron chi connectivity index (χ4n) is 5.17. The molecule has 2 aromatic rings. The minimum atomic E-state index is -0.340. The maximum Gasteiger partial charge on any atom is 0.241 e. The van der Waals surface area contributed by atoms with Gasteiger partial charge in [-0.25, -0.2) is 10.9 Å². The third-order valence-corrected chi connectivity index (χ3v) is 7.49. The molecular formula is C26H32N6O3. The first-order chi connectivity index (χ1) is 16.9. The number of aryl methyl sites for hydroxylation is 2. The SMILES string of the molecule is Cc1ccc(N2CC(C(=O)N3CCN(C(=O)C4CC(c5ccncc5)NN4)CC3)CC2=O)cc1C. The molecule has 3 aliphatic heterocycles. The lowest BCUT2D eigenvalue weighted by molar-refractivity contribution is -0.142. The van der Waals surface area contributed by atoms with Crippen LogP contribution in [-0.4, -0.2) is 71.3 Å². The van der Waals surface area contributed by atoms with E-state index < -0.39 is 0 Å². The molecule has 1 aromatic heterocycles. The second kappa shape index (κ2) is 9.75. The monoisotopic (exact) mass is 476 g/mol. The van der Waals surface area contributed by atoms with Crippen LogP contribution in [0.1, 0.15) is 35.6 Å². The number of nitrogens with one attached hydrogen (secondary N) is 2. The highest BCUT2D eigenvalue weighted by molar-refractivity contribution is 6.00. The zero-order valence-corrected chi connectivity index (χ0v) is 20.2. The number of piperazine rings is 1. The summed E-state index contributed by atoms with van der Waals surface area (Å²) in [7, 11) is 0. The summed E-state index contributed by atoms with van der Waals surface area (Å²) in [5.74, 6) is -0.287. The van der Waals surface area contributed by atoms with Crippen LogP contribution < -0.4 is 15.8 Å². The highest BCUT2D eigenvalue weighted by Gasteiger charge is 2.39. The number of carbonyl (C=O) groups is 3. The summed E-state index contributed by atoms with van der Waals surface area (Å²) in [6, 6.07) is 9.64. The number of anilines is 1. The van der Waals surface area contributed by atoms with Crippen molar-refractivity contribution in [3.05, 3.63) is 59.4 Å². The van der Waals surface area contributed by atoms with Gasteiger partial charge in [-0.15, -0.1) is 0 Å². The molecule has 3 fully saturated rings. The Hall–Kier alpha value is -3.30. The predicted molar refractivity (Wildman–Crippen MR) is 131 cm³/mol. The van der Waals surface area contributed by atoms with Crippen LogP contribution in [0.3, 0.4) is 0 Å². The first kappa shape index (κ1) is 23.4. The molecule has 2 N–H and O–H groups in total. The number of hydrogen-bond donors (Lipinski definition) is 2. The standard InChI is InChI=1S/C26H32N6O3/c1-17-3-4-21(13-18(17)2)32-16-20(14-24(32)33)25(34)30-9-11-31(12-10-30)26(35)23-15-22(28-29-23)19-5-7-27-8-6-19/h3-8,13,20,22-23,28-29H,9-12,14-16H2,1-2H3. The quantitative estimate of drug-likeness (QED) is 0.691. The molecule has 0 bridgehead atoms. The second-order valence-electron chi connectivity index (χ2n) is 9.73. The first-order valence-electron chi connectivity index (χ1n) is 12.3. The normalized spacial score (nSPS) is 24.8. The number of benzene rings is 1. The van der Waals surface area contributed by atoms with Gasteiger partial charge in [0.25, 0.3) is 0 Å². The van der Waals surface area contributed by atoms with Crippen molar-refractivity contribution >= 4 is 23.4 Å². The Balaban J connectivity index is 1.13. The fraction of sp³-hybridized carbons (Fsp3) is 0.462. The van der Waals surface area contributed by atoms with Crippen LogP contribution in [0.4, 0.5) is 5.69 Å². The van der Waals surface area contributed by atoms with E-state index in [1.165, 1.54) is 5.56 Å². The zero-order valence-electron chi connectivity index (χ0n) is 20.2. The maximum absolute atomic E-state index is 13.2. The molecular weight excluding hydrogens is 444 g/mol. The lowest BCUT2D eigenvalue weighted by Gasteiger charge is -2.36. The molecule has 0 saturated carbocycles. The van der Waals surface area contributed by atoms with Crippen LogP contribution in [0, 0.1) is 19.8 Å². The summed E-state index contributed by atoms with van der Waals surface area (Å²) in [6.45, 7) is 6.47. The Kier molecular flexibility index (Phi) is 6.53. The van der Waals surface area contributed by atoms with Crippen molar-refractivity contribution in [3.63, 3.8) is 0 Å². The minimum Gasteiger partial charge on any atom is -0.339 e. The molecule has 3 unspecified atom stereocenters. The summed E-state index contributed by atoms with van der Waals surface area (Å²) < 4.78 is 0. The molecule has 184 valence electrons. The molecule has 9 heteroatoms. The van der Waals surface area contributed by atoms with Gasteiger partial charge < -0.3 is 14.7 Å². The molecule has 1 aromatic carbocycles. The third kappa shape index (κ3) is 4.78. The molecule has 0 aliphatic carbocycles. The van der Waals surface area contributed by atoms with Crippen molar-refractivity contribution in [2.45, 2.75) is 38.8 Å². The summed E-state index contributed by atoms with van der Waals surface area (Å²) in [4.78, 5) is 48.3. The summed E-state index contributed by atoms with van der Waals surface area (Å²) in [6.07, 6.45) is 4.40. The predicted octanol–water partition coefficient (Wildman–Crippen LogP) is 1.33. The number of hydrogen-bond acceptors (Lipinski definition) is 6. The Morgan fingerprint density at radius 3 is 2.29 bits per heavy atom. The van der Waals surface area contributed by atoms with Gasteiger partial charge in [0.05, 0.1) is 5.92 Å². The number of nitrogens with zero attached hydrogens (tertiary/aromatic N) is 4. The minimum absolute atomic E-state index is 0.00944. The van der Waals surface area contributed by atoms with Gasteiger partial charge in [-0.1, -0.05) is 6.07 Å². The highest BCUT2D eigenvalue weighted by atomic mass is 16.2. The van der Waals surface area contributed by atoms with E-state index >= 15 is 0 Å². The van der Waals surface area contributed by atoms with Gasteiger partial charge in [-0.2, -0.15) is 0 Å².